The number of nitrogens with one attached hydrogen (secondary N) is 2. The van der Waals surface area contributed by atoms with Gasteiger partial charge in [0.1, 0.15) is 5.82 Å². The molecule has 132 valence electrons. The fourth-order valence-electron chi connectivity index (χ4n) is 2.75. The van der Waals surface area contributed by atoms with E-state index >= 15 is 0 Å². The number of rotatable bonds is 8. The van der Waals surface area contributed by atoms with E-state index in [2.05, 4.69) is 10.6 Å². The summed E-state index contributed by atoms with van der Waals surface area (Å²) >= 11 is 0. The van der Waals surface area contributed by atoms with Gasteiger partial charge in [0.05, 0.1) is 18.2 Å². The van der Waals surface area contributed by atoms with Gasteiger partial charge < -0.3 is 15.4 Å². The van der Waals surface area contributed by atoms with Crippen molar-refractivity contribution >= 4 is 11.8 Å². The first-order valence-corrected chi connectivity index (χ1v) is 8.58. The molecule has 1 aliphatic carbocycles. The summed E-state index contributed by atoms with van der Waals surface area (Å²) in [6.07, 6.45) is 7.15. The maximum atomic E-state index is 13.4. The second-order valence-electron chi connectivity index (χ2n) is 6.00. The Morgan fingerprint density at radius 3 is 2.62 bits per heavy atom. The summed E-state index contributed by atoms with van der Waals surface area (Å²) in [4.78, 5) is 23.4. The van der Waals surface area contributed by atoms with E-state index in [0.29, 0.717) is 19.3 Å². The van der Waals surface area contributed by atoms with Crippen molar-refractivity contribution in [1.82, 2.24) is 10.6 Å². The van der Waals surface area contributed by atoms with E-state index in [-0.39, 0.29) is 18.0 Å². The van der Waals surface area contributed by atoms with Crippen LogP contribution in [-0.2, 0) is 9.53 Å². The summed E-state index contributed by atoms with van der Waals surface area (Å²) < 4.78 is 19.2. The SMILES string of the molecule is O=C(CNC(=O)c1ccccc1F)NCCCOC1CCCCC1. The van der Waals surface area contributed by atoms with Gasteiger partial charge in [-0.05, 0) is 31.4 Å². The molecule has 5 nitrogen and oxygen atoms in total. The van der Waals surface area contributed by atoms with Gasteiger partial charge in [0.25, 0.3) is 5.91 Å². The molecule has 6 heteroatoms. The Balaban J connectivity index is 1.55. The van der Waals surface area contributed by atoms with Crippen LogP contribution >= 0.6 is 0 Å². The van der Waals surface area contributed by atoms with Crippen LogP contribution in [0.25, 0.3) is 0 Å². The van der Waals surface area contributed by atoms with E-state index in [4.69, 9.17) is 4.74 Å². The molecule has 1 aromatic rings. The molecule has 0 radical (unpaired) electrons. The maximum Gasteiger partial charge on any atom is 0.254 e. The Morgan fingerprint density at radius 1 is 1.12 bits per heavy atom. The van der Waals surface area contributed by atoms with Crippen molar-refractivity contribution in [1.29, 1.82) is 0 Å². The Bertz CT molecular complexity index is 545. The van der Waals surface area contributed by atoms with Crippen molar-refractivity contribution in [3.63, 3.8) is 0 Å². The van der Waals surface area contributed by atoms with E-state index in [1.807, 2.05) is 0 Å². The number of carbonyl (C=O) groups is 2. The molecule has 1 aliphatic rings. The third-order valence-corrected chi connectivity index (χ3v) is 4.08. The summed E-state index contributed by atoms with van der Waals surface area (Å²) in [6, 6.07) is 5.67. The van der Waals surface area contributed by atoms with Gasteiger partial charge in [-0.2, -0.15) is 0 Å². The minimum absolute atomic E-state index is 0.0637. The predicted molar refractivity (Wildman–Crippen MR) is 89.2 cm³/mol. The van der Waals surface area contributed by atoms with E-state index in [9.17, 15) is 14.0 Å². The van der Waals surface area contributed by atoms with Gasteiger partial charge in [0.2, 0.25) is 5.91 Å². The highest BCUT2D eigenvalue weighted by Gasteiger charge is 2.13. The van der Waals surface area contributed by atoms with Crippen molar-refractivity contribution in [2.45, 2.75) is 44.6 Å². The lowest BCUT2D eigenvalue weighted by molar-refractivity contribution is -0.120. The van der Waals surface area contributed by atoms with Gasteiger partial charge in [-0.1, -0.05) is 31.4 Å². The molecule has 0 bridgehead atoms. The molecule has 0 heterocycles. The van der Waals surface area contributed by atoms with Crippen LogP contribution in [-0.4, -0.2) is 37.6 Å². The Morgan fingerprint density at radius 2 is 1.88 bits per heavy atom. The topological polar surface area (TPSA) is 67.4 Å². The minimum Gasteiger partial charge on any atom is -0.378 e. The van der Waals surface area contributed by atoms with Gasteiger partial charge >= 0.3 is 0 Å². The third kappa shape index (κ3) is 6.28. The predicted octanol–water partition coefficient (Wildman–Crippen LogP) is 2.41. The lowest BCUT2D eigenvalue weighted by atomic mass is 9.98. The van der Waals surface area contributed by atoms with E-state index in [1.165, 1.54) is 37.5 Å². The van der Waals surface area contributed by atoms with Crippen LogP contribution in [0.5, 0.6) is 0 Å². The summed E-state index contributed by atoms with van der Waals surface area (Å²) in [5.41, 5.74) is -0.0637. The molecule has 1 saturated carbocycles. The van der Waals surface area contributed by atoms with Crippen LogP contribution in [0.4, 0.5) is 4.39 Å². The van der Waals surface area contributed by atoms with Gasteiger partial charge in [-0.25, -0.2) is 4.39 Å². The number of halogens is 1. The van der Waals surface area contributed by atoms with Crippen molar-refractivity contribution < 1.29 is 18.7 Å². The molecule has 2 rings (SSSR count). The zero-order valence-electron chi connectivity index (χ0n) is 13.9. The second kappa shape index (κ2) is 10.0. The monoisotopic (exact) mass is 336 g/mol. The third-order valence-electron chi connectivity index (χ3n) is 4.08. The van der Waals surface area contributed by atoms with Crippen LogP contribution in [0.2, 0.25) is 0 Å². The molecule has 0 spiro atoms. The average Bonchev–Trinajstić information content (AvgIpc) is 2.60. The zero-order chi connectivity index (χ0) is 17.2. The first-order chi connectivity index (χ1) is 11.7. The Labute approximate surface area is 142 Å². The smallest absolute Gasteiger partial charge is 0.254 e. The molecular formula is C18H25FN2O3. The Hall–Kier alpha value is -1.95. The first-order valence-electron chi connectivity index (χ1n) is 8.58. The fraction of sp³-hybridized carbons (Fsp3) is 0.556. The summed E-state index contributed by atoms with van der Waals surface area (Å²) in [6.45, 7) is 0.963. The fourth-order valence-corrected chi connectivity index (χ4v) is 2.75. The average molecular weight is 336 g/mol. The highest BCUT2D eigenvalue weighted by molar-refractivity contribution is 5.96. The molecule has 0 aromatic heterocycles. The van der Waals surface area contributed by atoms with Crippen LogP contribution in [0, 0.1) is 5.82 Å². The van der Waals surface area contributed by atoms with Crippen molar-refractivity contribution in [3.05, 3.63) is 35.6 Å². The molecule has 24 heavy (non-hydrogen) atoms. The highest BCUT2D eigenvalue weighted by Crippen LogP contribution is 2.20. The quantitative estimate of drug-likeness (QED) is 0.717. The number of ether oxygens (including phenoxy) is 1. The highest BCUT2D eigenvalue weighted by atomic mass is 19.1. The summed E-state index contributed by atoms with van der Waals surface area (Å²) in [5.74, 6) is -1.49. The lowest BCUT2D eigenvalue weighted by Crippen LogP contribution is -2.37. The minimum atomic E-state index is -0.602. The molecule has 2 N–H and O–H groups in total. The molecule has 0 unspecified atom stereocenters. The van der Waals surface area contributed by atoms with Crippen LogP contribution in [0.15, 0.2) is 24.3 Å². The molecule has 0 atom stereocenters. The summed E-state index contributed by atoms with van der Waals surface area (Å²) in [7, 11) is 0. The number of amides is 2. The molecule has 2 amide bonds. The van der Waals surface area contributed by atoms with Crippen molar-refractivity contribution in [2.75, 3.05) is 19.7 Å². The number of hydrogen-bond donors (Lipinski definition) is 2. The van der Waals surface area contributed by atoms with Gasteiger partial charge in [-0.15, -0.1) is 0 Å². The first kappa shape index (κ1) is 18.4. The van der Waals surface area contributed by atoms with Gasteiger partial charge in [0, 0.05) is 13.2 Å². The largest absolute Gasteiger partial charge is 0.378 e. The van der Waals surface area contributed by atoms with Crippen LogP contribution < -0.4 is 10.6 Å². The van der Waals surface area contributed by atoms with Crippen molar-refractivity contribution in [2.24, 2.45) is 0 Å². The lowest BCUT2D eigenvalue weighted by Gasteiger charge is -2.21. The molecule has 0 saturated heterocycles. The number of benzene rings is 1. The molecular weight excluding hydrogens is 311 g/mol. The van der Waals surface area contributed by atoms with Crippen LogP contribution in [0.1, 0.15) is 48.9 Å². The van der Waals surface area contributed by atoms with E-state index < -0.39 is 11.7 Å². The van der Waals surface area contributed by atoms with E-state index in [0.717, 1.165) is 19.3 Å². The second-order valence-corrected chi connectivity index (χ2v) is 6.00. The molecule has 1 aromatic carbocycles. The van der Waals surface area contributed by atoms with E-state index in [1.54, 1.807) is 6.07 Å². The van der Waals surface area contributed by atoms with Crippen LogP contribution in [0.3, 0.4) is 0 Å². The van der Waals surface area contributed by atoms with Gasteiger partial charge in [-0.3, -0.25) is 9.59 Å². The maximum absolute atomic E-state index is 13.4. The number of hydrogen-bond acceptors (Lipinski definition) is 3. The Kier molecular flexibility index (Phi) is 7.68. The normalized spacial score (nSPS) is 15.0. The van der Waals surface area contributed by atoms with Gasteiger partial charge in [0.15, 0.2) is 0 Å². The van der Waals surface area contributed by atoms with Crippen molar-refractivity contribution in [3.8, 4) is 0 Å². The molecule has 0 aliphatic heterocycles. The standard InChI is InChI=1S/C18H25FN2O3/c19-16-10-5-4-9-15(16)18(23)21-13-17(22)20-11-6-12-24-14-7-2-1-3-8-14/h4-5,9-10,14H,1-3,6-8,11-13H2,(H,20,22)(H,21,23). The zero-order valence-corrected chi connectivity index (χ0v) is 13.9. The number of carbonyl (C=O) groups excluding carboxylic acids is 2. The summed E-state index contributed by atoms with van der Waals surface area (Å²) in [5, 5.41) is 5.12. The molecule has 1 fully saturated rings.